The highest BCUT2D eigenvalue weighted by Gasteiger charge is 2.17. The van der Waals surface area contributed by atoms with E-state index in [-0.39, 0.29) is 11.9 Å². The highest BCUT2D eigenvalue weighted by molar-refractivity contribution is 14.1. The zero-order valence-electron chi connectivity index (χ0n) is 10.2. The Labute approximate surface area is 120 Å². The topological polar surface area (TPSA) is 46.9 Å². The van der Waals surface area contributed by atoms with E-state index in [2.05, 4.69) is 33.0 Å². The fraction of sp³-hybridized carbons (Fsp3) is 0.231. The van der Waals surface area contributed by atoms with Gasteiger partial charge in [0.1, 0.15) is 5.69 Å². The second-order valence-electron chi connectivity index (χ2n) is 4.07. The van der Waals surface area contributed by atoms with Crippen molar-refractivity contribution < 1.29 is 4.79 Å². The van der Waals surface area contributed by atoms with Gasteiger partial charge in [0.15, 0.2) is 0 Å². The summed E-state index contributed by atoms with van der Waals surface area (Å²) in [6.07, 6.45) is 1.68. The summed E-state index contributed by atoms with van der Waals surface area (Å²) < 4.78 is 2.45. The Morgan fingerprint density at radius 1 is 1.39 bits per heavy atom. The number of nitrogens with one attached hydrogen (secondary N) is 1. The van der Waals surface area contributed by atoms with Gasteiger partial charge in [0.05, 0.1) is 15.8 Å². The monoisotopic (exact) mass is 355 g/mol. The Bertz CT molecular complexity index is 531. The third-order valence-corrected chi connectivity index (χ3v) is 3.55. The minimum Gasteiger partial charge on any atom is -0.344 e. The van der Waals surface area contributed by atoms with Crippen LogP contribution in [0.5, 0.6) is 0 Å². The second-order valence-corrected chi connectivity index (χ2v) is 5.23. The van der Waals surface area contributed by atoms with Crippen molar-refractivity contribution in [3.05, 3.63) is 51.4 Å². The van der Waals surface area contributed by atoms with Crippen LogP contribution in [0.3, 0.4) is 0 Å². The molecule has 2 rings (SSSR count). The van der Waals surface area contributed by atoms with E-state index in [1.54, 1.807) is 17.9 Å². The lowest BCUT2D eigenvalue weighted by atomic mass is 10.1. The van der Waals surface area contributed by atoms with Crippen molar-refractivity contribution in [2.45, 2.75) is 13.0 Å². The Morgan fingerprint density at radius 3 is 2.61 bits per heavy atom. The summed E-state index contributed by atoms with van der Waals surface area (Å²) in [4.78, 5) is 12.2. The average Bonchev–Trinajstić information content (AvgIpc) is 2.70. The van der Waals surface area contributed by atoms with Gasteiger partial charge in [-0.2, -0.15) is 5.10 Å². The number of hydrogen-bond donors (Lipinski definition) is 1. The molecule has 1 N–H and O–H groups in total. The number of rotatable bonds is 3. The van der Waals surface area contributed by atoms with Gasteiger partial charge in [-0.15, -0.1) is 0 Å². The molecule has 94 valence electrons. The number of aromatic nitrogens is 2. The summed E-state index contributed by atoms with van der Waals surface area (Å²) in [5, 5.41) is 7.04. The molecule has 5 heteroatoms. The van der Waals surface area contributed by atoms with E-state index in [0.29, 0.717) is 5.69 Å². The maximum atomic E-state index is 12.2. The molecule has 1 amide bonds. The summed E-state index contributed by atoms with van der Waals surface area (Å²) in [5.41, 5.74) is 1.68. The molecule has 1 atom stereocenters. The molecule has 0 aliphatic rings. The molecular weight excluding hydrogens is 341 g/mol. The predicted octanol–water partition coefficient (Wildman–Crippen LogP) is 2.52. The molecule has 0 bridgehead atoms. The van der Waals surface area contributed by atoms with E-state index < -0.39 is 0 Å². The lowest BCUT2D eigenvalue weighted by Gasteiger charge is -2.14. The maximum absolute atomic E-state index is 12.2. The maximum Gasteiger partial charge on any atom is 0.271 e. The number of benzene rings is 1. The van der Waals surface area contributed by atoms with Gasteiger partial charge in [0.25, 0.3) is 5.91 Å². The van der Waals surface area contributed by atoms with Gasteiger partial charge in [0, 0.05) is 7.05 Å². The highest BCUT2D eigenvalue weighted by atomic mass is 127. The molecule has 18 heavy (non-hydrogen) atoms. The summed E-state index contributed by atoms with van der Waals surface area (Å²) >= 11 is 2.11. The number of hydrogen-bond acceptors (Lipinski definition) is 2. The molecule has 0 saturated carbocycles. The van der Waals surface area contributed by atoms with E-state index in [0.717, 1.165) is 9.13 Å². The zero-order valence-corrected chi connectivity index (χ0v) is 12.4. The van der Waals surface area contributed by atoms with Gasteiger partial charge in [-0.1, -0.05) is 30.3 Å². The van der Waals surface area contributed by atoms with Gasteiger partial charge in [-0.3, -0.25) is 9.48 Å². The molecule has 0 aliphatic carbocycles. The minimum absolute atomic E-state index is 0.0237. The van der Waals surface area contributed by atoms with E-state index in [1.165, 1.54) is 0 Å². The summed E-state index contributed by atoms with van der Waals surface area (Å²) in [7, 11) is 1.77. The Kier molecular flexibility index (Phi) is 4.00. The molecule has 1 aromatic carbocycles. The van der Waals surface area contributed by atoms with Gasteiger partial charge < -0.3 is 5.32 Å². The normalized spacial score (nSPS) is 12.2. The lowest BCUT2D eigenvalue weighted by molar-refractivity contribution is 0.0929. The SMILES string of the molecule is CC(NC(=O)c1c(I)cnn1C)c1ccccc1. The molecule has 1 heterocycles. The molecule has 1 unspecified atom stereocenters. The van der Waals surface area contributed by atoms with E-state index in [9.17, 15) is 4.79 Å². The number of nitrogens with zero attached hydrogens (tertiary/aromatic N) is 2. The largest absolute Gasteiger partial charge is 0.344 e. The molecule has 2 aromatic rings. The quantitative estimate of drug-likeness (QED) is 0.861. The van der Waals surface area contributed by atoms with Crippen LogP contribution in [0.25, 0.3) is 0 Å². The predicted molar refractivity (Wildman–Crippen MR) is 78.2 cm³/mol. The van der Waals surface area contributed by atoms with E-state index in [1.807, 2.05) is 37.3 Å². The number of carbonyl (C=O) groups excluding carboxylic acids is 1. The van der Waals surface area contributed by atoms with Crippen molar-refractivity contribution in [3.8, 4) is 0 Å². The fourth-order valence-electron chi connectivity index (χ4n) is 1.76. The van der Waals surface area contributed by atoms with Crippen LogP contribution in [0.2, 0.25) is 0 Å². The van der Waals surface area contributed by atoms with Crippen molar-refractivity contribution in [1.82, 2.24) is 15.1 Å². The molecule has 1 aromatic heterocycles. The molecule has 0 aliphatic heterocycles. The van der Waals surface area contributed by atoms with Crippen LogP contribution in [0, 0.1) is 3.57 Å². The van der Waals surface area contributed by atoms with Crippen molar-refractivity contribution in [1.29, 1.82) is 0 Å². The first-order valence-electron chi connectivity index (χ1n) is 5.63. The molecule has 0 saturated heterocycles. The molecule has 0 spiro atoms. The van der Waals surface area contributed by atoms with Crippen LogP contribution in [-0.2, 0) is 7.05 Å². The smallest absolute Gasteiger partial charge is 0.271 e. The van der Waals surface area contributed by atoms with Crippen molar-refractivity contribution in [2.24, 2.45) is 7.05 Å². The molecule has 4 nitrogen and oxygen atoms in total. The van der Waals surface area contributed by atoms with Crippen LogP contribution >= 0.6 is 22.6 Å². The van der Waals surface area contributed by atoms with Gasteiger partial charge in [0.2, 0.25) is 0 Å². The van der Waals surface area contributed by atoms with Gasteiger partial charge >= 0.3 is 0 Å². The van der Waals surface area contributed by atoms with Gasteiger partial charge in [-0.05, 0) is 35.1 Å². The van der Waals surface area contributed by atoms with Crippen LogP contribution < -0.4 is 5.32 Å². The van der Waals surface area contributed by atoms with Crippen LogP contribution in [0.4, 0.5) is 0 Å². The van der Waals surface area contributed by atoms with Crippen LogP contribution in [0.15, 0.2) is 36.5 Å². The minimum atomic E-state index is -0.101. The van der Waals surface area contributed by atoms with Crippen molar-refractivity contribution in [3.63, 3.8) is 0 Å². The first kappa shape index (κ1) is 13.1. The number of carbonyl (C=O) groups is 1. The summed E-state index contributed by atoms with van der Waals surface area (Å²) in [6.45, 7) is 1.97. The summed E-state index contributed by atoms with van der Waals surface area (Å²) in [5.74, 6) is -0.101. The lowest BCUT2D eigenvalue weighted by Crippen LogP contribution is -2.29. The van der Waals surface area contributed by atoms with E-state index >= 15 is 0 Å². The highest BCUT2D eigenvalue weighted by Crippen LogP contribution is 2.14. The third kappa shape index (κ3) is 2.72. The van der Waals surface area contributed by atoms with Crippen LogP contribution in [0.1, 0.15) is 29.0 Å². The Morgan fingerprint density at radius 2 is 2.06 bits per heavy atom. The number of amides is 1. The first-order chi connectivity index (χ1) is 8.59. The van der Waals surface area contributed by atoms with Crippen LogP contribution in [-0.4, -0.2) is 15.7 Å². The summed E-state index contributed by atoms with van der Waals surface area (Å²) in [6, 6.07) is 9.86. The van der Waals surface area contributed by atoms with Crippen molar-refractivity contribution >= 4 is 28.5 Å². The standard InChI is InChI=1S/C13H14IN3O/c1-9(10-6-4-3-5-7-10)16-13(18)12-11(14)8-15-17(12)2/h3-9H,1-2H3,(H,16,18). The Hall–Kier alpha value is -1.37. The number of halogens is 1. The molecular formula is C13H14IN3O. The van der Waals surface area contributed by atoms with Crippen molar-refractivity contribution in [2.75, 3.05) is 0 Å². The van der Waals surface area contributed by atoms with E-state index in [4.69, 9.17) is 0 Å². The number of aryl methyl sites for hydroxylation is 1. The third-order valence-electron chi connectivity index (χ3n) is 2.76. The molecule has 0 fully saturated rings. The first-order valence-corrected chi connectivity index (χ1v) is 6.70. The molecule has 0 radical (unpaired) electrons. The zero-order chi connectivity index (χ0) is 13.1. The Balaban J connectivity index is 2.13. The van der Waals surface area contributed by atoms with Gasteiger partial charge in [-0.25, -0.2) is 0 Å². The average molecular weight is 355 g/mol. The fourth-order valence-corrected chi connectivity index (χ4v) is 2.47. The second kappa shape index (κ2) is 5.51.